The number of aromatic nitrogens is 4. The molecule has 2 aromatic heterocycles. The fraction of sp³-hybridized carbons (Fsp3) is 0.588. The number of nitrogens with zero attached hydrogens (tertiary/aromatic N) is 4. The molecule has 2 aromatic rings. The topological polar surface area (TPSA) is 64.7 Å². The van der Waals surface area contributed by atoms with Gasteiger partial charge >= 0.3 is 0 Å². The molecule has 0 aromatic carbocycles. The van der Waals surface area contributed by atoms with Gasteiger partial charge in [0.2, 0.25) is 5.91 Å². The smallest absolute Gasteiger partial charge is 0.243 e. The van der Waals surface area contributed by atoms with Crippen molar-refractivity contribution in [2.75, 3.05) is 0 Å². The predicted octanol–water partition coefficient (Wildman–Crippen LogP) is 2.74. The largest absolute Gasteiger partial charge is 0.349 e. The Balaban J connectivity index is 1.99. The van der Waals surface area contributed by atoms with Gasteiger partial charge in [0, 0.05) is 31.1 Å². The quantitative estimate of drug-likeness (QED) is 0.854. The van der Waals surface area contributed by atoms with Crippen molar-refractivity contribution < 1.29 is 4.79 Å². The third kappa shape index (κ3) is 4.21. The van der Waals surface area contributed by atoms with E-state index in [4.69, 9.17) is 0 Å². The van der Waals surface area contributed by atoms with Gasteiger partial charge in [0.15, 0.2) is 0 Å². The van der Waals surface area contributed by atoms with Gasteiger partial charge in [-0.1, -0.05) is 27.7 Å². The highest BCUT2D eigenvalue weighted by Crippen LogP contribution is 2.17. The second-order valence-electron chi connectivity index (χ2n) is 6.67. The summed E-state index contributed by atoms with van der Waals surface area (Å²) >= 11 is 0. The molecule has 2 rings (SSSR count). The molecule has 0 spiro atoms. The Kier molecular flexibility index (Phi) is 5.58. The van der Waals surface area contributed by atoms with Crippen LogP contribution < -0.4 is 5.32 Å². The fourth-order valence-corrected chi connectivity index (χ4v) is 2.60. The zero-order valence-electron chi connectivity index (χ0n) is 14.7. The highest BCUT2D eigenvalue weighted by Gasteiger charge is 2.19. The van der Waals surface area contributed by atoms with E-state index >= 15 is 0 Å². The minimum absolute atomic E-state index is 0.0119. The van der Waals surface area contributed by atoms with Crippen LogP contribution in [0.1, 0.15) is 58.1 Å². The van der Waals surface area contributed by atoms with E-state index < -0.39 is 0 Å². The lowest BCUT2D eigenvalue weighted by Crippen LogP contribution is -2.32. The third-order valence-electron chi connectivity index (χ3n) is 3.82. The summed E-state index contributed by atoms with van der Waals surface area (Å²) in [4.78, 5) is 21.0. The van der Waals surface area contributed by atoms with Crippen LogP contribution in [0.2, 0.25) is 0 Å². The number of nitrogens with one attached hydrogen (secondary N) is 1. The summed E-state index contributed by atoms with van der Waals surface area (Å²) in [5, 5.41) is 3.00. The van der Waals surface area contributed by atoms with Gasteiger partial charge < -0.3 is 14.5 Å². The van der Waals surface area contributed by atoms with E-state index in [0.29, 0.717) is 12.5 Å². The van der Waals surface area contributed by atoms with E-state index in [-0.39, 0.29) is 17.9 Å². The van der Waals surface area contributed by atoms with Crippen molar-refractivity contribution in [1.82, 2.24) is 24.4 Å². The Morgan fingerprint density at radius 1 is 1.26 bits per heavy atom. The van der Waals surface area contributed by atoms with Crippen LogP contribution >= 0.6 is 0 Å². The molecule has 2 heterocycles. The second kappa shape index (κ2) is 7.44. The van der Waals surface area contributed by atoms with Gasteiger partial charge in [-0.05, 0) is 12.8 Å². The highest BCUT2D eigenvalue weighted by atomic mass is 16.2. The first-order valence-electron chi connectivity index (χ1n) is 8.19. The van der Waals surface area contributed by atoms with Gasteiger partial charge in [0.25, 0.3) is 0 Å². The molecule has 23 heavy (non-hydrogen) atoms. The molecule has 6 heteroatoms. The minimum Gasteiger partial charge on any atom is -0.349 e. The van der Waals surface area contributed by atoms with Crippen LogP contribution in [0.15, 0.2) is 24.9 Å². The van der Waals surface area contributed by atoms with E-state index in [1.165, 1.54) is 0 Å². The molecule has 0 fully saturated rings. The summed E-state index contributed by atoms with van der Waals surface area (Å²) in [6.45, 7) is 11.8. The van der Waals surface area contributed by atoms with Crippen molar-refractivity contribution in [3.05, 3.63) is 36.4 Å². The third-order valence-corrected chi connectivity index (χ3v) is 3.82. The average Bonchev–Trinajstić information content (AvgIpc) is 3.12. The molecule has 0 bridgehead atoms. The van der Waals surface area contributed by atoms with Crippen LogP contribution in [0.3, 0.4) is 0 Å². The number of amides is 1. The molecule has 1 unspecified atom stereocenters. The molecule has 0 radical (unpaired) electrons. The molecule has 1 amide bonds. The molecule has 0 saturated carbocycles. The van der Waals surface area contributed by atoms with Gasteiger partial charge in [-0.3, -0.25) is 4.79 Å². The Morgan fingerprint density at radius 3 is 2.65 bits per heavy atom. The molecule has 0 saturated heterocycles. The molecular weight excluding hydrogens is 290 g/mol. The van der Waals surface area contributed by atoms with E-state index in [1.807, 2.05) is 30.2 Å². The summed E-state index contributed by atoms with van der Waals surface area (Å²) in [7, 11) is 0. The Bertz CT molecular complexity index is 641. The molecule has 126 valence electrons. The van der Waals surface area contributed by atoms with Crippen molar-refractivity contribution in [2.45, 2.75) is 59.7 Å². The van der Waals surface area contributed by atoms with Crippen LogP contribution in [0.25, 0.3) is 0 Å². The number of carbonyl (C=O) groups excluding carboxylic acids is 1. The standard InChI is InChI=1S/C17H27N5O/c1-12(2)10-21-11-18-8-15(21)9-20-17(23)14(5)22-7-6-19-16(22)13(3)4/h6-8,11-14H,9-10H2,1-5H3,(H,20,23). The van der Waals surface area contributed by atoms with Crippen molar-refractivity contribution in [1.29, 1.82) is 0 Å². The molecule has 0 aliphatic heterocycles. The first-order valence-corrected chi connectivity index (χ1v) is 8.19. The van der Waals surface area contributed by atoms with E-state index in [9.17, 15) is 4.79 Å². The first-order chi connectivity index (χ1) is 10.9. The lowest BCUT2D eigenvalue weighted by Gasteiger charge is -2.18. The molecule has 1 atom stereocenters. The molecule has 0 aliphatic rings. The number of carbonyl (C=O) groups is 1. The predicted molar refractivity (Wildman–Crippen MR) is 89.9 cm³/mol. The van der Waals surface area contributed by atoms with Crippen LogP contribution in [-0.2, 0) is 17.9 Å². The summed E-state index contributed by atoms with van der Waals surface area (Å²) < 4.78 is 4.03. The SMILES string of the molecule is CC(C)Cn1cncc1CNC(=O)C(C)n1ccnc1C(C)C. The van der Waals surface area contributed by atoms with E-state index in [0.717, 1.165) is 18.1 Å². The monoisotopic (exact) mass is 317 g/mol. The molecular formula is C17H27N5O. The fourth-order valence-electron chi connectivity index (χ4n) is 2.60. The molecule has 6 nitrogen and oxygen atoms in total. The Labute approximate surface area is 137 Å². The minimum atomic E-state index is -0.281. The van der Waals surface area contributed by atoms with Crippen molar-refractivity contribution >= 4 is 5.91 Å². The Morgan fingerprint density at radius 2 is 2.00 bits per heavy atom. The lowest BCUT2D eigenvalue weighted by atomic mass is 10.2. The number of hydrogen-bond donors (Lipinski definition) is 1. The van der Waals surface area contributed by atoms with Gasteiger partial charge in [-0.15, -0.1) is 0 Å². The second-order valence-corrected chi connectivity index (χ2v) is 6.67. The van der Waals surface area contributed by atoms with Crippen LogP contribution in [0.4, 0.5) is 0 Å². The van der Waals surface area contributed by atoms with Crippen LogP contribution in [0, 0.1) is 5.92 Å². The van der Waals surface area contributed by atoms with Crippen molar-refractivity contribution in [3.63, 3.8) is 0 Å². The zero-order chi connectivity index (χ0) is 17.0. The number of hydrogen-bond acceptors (Lipinski definition) is 3. The normalized spacial score (nSPS) is 12.8. The number of imidazole rings is 2. The maximum Gasteiger partial charge on any atom is 0.243 e. The van der Waals surface area contributed by atoms with Crippen LogP contribution in [0.5, 0.6) is 0 Å². The van der Waals surface area contributed by atoms with Gasteiger partial charge in [0.05, 0.1) is 18.6 Å². The lowest BCUT2D eigenvalue weighted by molar-refractivity contribution is -0.124. The number of rotatable bonds is 7. The summed E-state index contributed by atoms with van der Waals surface area (Å²) in [5.74, 6) is 1.74. The zero-order valence-corrected chi connectivity index (χ0v) is 14.7. The van der Waals surface area contributed by atoms with Crippen LogP contribution in [-0.4, -0.2) is 25.0 Å². The molecule has 0 aliphatic carbocycles. The first kappa shape index (κ1) is 17.2. The summed E-state index contributed by atoms with van der Waals surface area (Å²) in [6, 6.07) is -0.281. The maximum atomic E-state index is 12.5. The highest BCUT2D eigenvalue weighted by molar-refractivity contribution is 5.79. The molecule has 1 N–H and O–H groups in total. The van der Waals surface area contributed by atoms with E-state index in [2.05, 4.69) is 47.5 Å². The van der Waals surface area contributed by atoms with Gasteiger partial charge in [-0.2, -0.15) is 0 Å². The van der Waals surface area contributed by atoms with E-state index in [1.54, 1.807) is 6.20 Å². The average molecular weight is 317 g/mol. The van der Waals surface area contributed by atoms with Crippen molar-refractivity contribution in [3.8, 4) is 0 Å². The van der Waals surface area contributed by atoms with Gasteiger partial charge in [-0.25, -0.2) is 9.97 Å². The van der Waals surface area contributed by atoms with Crippen molar-refractivity contribution in [2.24, 2.45) is 5.92 Å². The summed E-state index contributed by atoms with van der Waals surface area (Å²) in [6.07, 6.45) is 7.24. The summed E-state index contributed by atoms with van der Waals surface area (Å²) in [5.41, 5.74) is 1.02. The maximum absolute atomic E-state index is 12.5. The Hall–Kier alpha value is -2.11. The van der Waals surface area contributed by atoms with Gasteiger partial charge in [0.1, 0.15) is 11.9 Å².